The Labute approximate surface area is 211 Å². The fourth-order valence-electron chi connectivity index (χ4n) is 4.61. The van der Waals surface area contributed by atoms with E-state index in [1.807, 2.05) is 30.3 Å². The molecule has 2 aliphatic rings. The van der Waals surface area contributed by atoms with Gasteiger partial charge in [0.25, 0.3) is 0 Å². The molecule has 0 bridgehead atoms. The monoisotopic (exact) mass is 506 g/mol. The van der Waals surface area contributed by atoms with Crippen LogP contribution in [0.15, 0.2) is 42.6 Å². The fraction of sp³-hybridized carbons (Fsp3) is 0.269. The molecular weight excluding hydrogens is 484 g/mol. The maximum atomic E-state index is 12.9. The Balaban J connectivity index is 1.51. The molecule has 0 aliphatic carbocycles. The van der Waals surface area contributed by atoms with E-state index in [9.17, 15) is 4.79 Å². The molecule has 2 N–H and O–H groups in total. The van der Waals surface area contributed by atoms with Crippen LogP contribution in [0.2, 0.25) is 5.02 Å². The summed E-state index contributed by atoms with van der Waals surface area (Å²) in [6.07, 6.45) is 3.07. The molecule has 0 saturated carbocycles. The average molecular weight is 507 g/mol. The van der Waals surface area contributed by atoms with Gasteiger partial charge in [-0.3, -0.25) is 4.98 Å². The van der Waals surface area contributed by atoms with Crippen LogP contribution in [-0.2, 0) is 15.9 Å². The fourth-order valence-corrected chi connectivity index (χ4v) is 4.86. The molecule has 184 valence electrons. The third kappa shape index (κ3) is 4.00. The number of halogens is 1. The molecule has 0 amide bonds. The van der Waals surface area contributed by atoms with Crippen LogP contribution in [0, 0.1) is 0 Å². The van der Waals surface area contributed by atoms with Crippen molar-refractivity contribution in [2.75, 3.05) is 32.2 Å². The van der Waals surface area contributed by atoms with E-state index < -0.39 is 5.97 Å². The molecule has 36 heavy (non-hydrogen) atoms. The number of nitrogens with zero attached hydrogens (tertiary/aromatic N) is 2. The highest BCUT2D eigenvalue weighted by Crippen LogP contribution is 2.42. The number of H-pyrrole nitrogens is 1. The first-order chi connectivity index (χ1) is 17.6. The maximum Gasteiger partial charge on any atom is 0.342 e. The van der Waals surface area contributed by atoms with Crippen molar-refractivity contribution in [3.63, 3.8) is 0 Å². The maximum absolute atomic E-state index is 12.9. The number of anilines is 2. The van der Waals surface area contributed by atoms with Crippen molar-refractivity contribution in [3.8, 4) is 22.9 Å². The lowest BCUT2D eigenvalue weighted by molar-refractivity contribution is 0.0480. The number of esters is 1. The molecule has 5 heterocycles. The summed E-state index contributed by atoms with van der Waals surface area (Å²) >= 11 is 6.36. The van der Waals surface area contributed by atoms with E-state index in [0.29, 0.717) is 76.6 Å². The molecule has 0 radical (unpaired) electrons. The summed E-state index contributed by atoms with van der Waals surface area (Å²) in [5, 5.41) is 3.82. The number of hydrogen-bond acceptors (Lipinski definition) is 8. The first-order valence-corrected chi connectivity index (χ1v) is 12.0. The summed E-state index contributed by atoms with van der Waals surface area (Å²) in [5.74, 6) is 0.559. The average Bonchev–Trinajstić information content (AvgIpc) is 3.52. The van der Waals surface area contributed by atoms with E-state index in [0.717, 1.165) is 17.7 Å². The van der Waals surface area contributed by atoms with Crippen LogP contribution in [0.5, 0.6) is 11.6 Å². The molecule has 0 unspecified atom stereocenters. The van der Waals surface area contributed by atoms with Gasteiger partial charge in [-0.1, -0.05) is 17.7 Å². The lowest BCUT2D eigenvalue weighted by Gasteiger charge is -2.17. The van der Waals surface area contributed by atoms with Gasteiger partial charge in [0.2, 0.25) is 5.88 Å². The number of carbonyl (C=O) groups is 1. The lowest BCUT2D eigenvalue weighted by Crippen LogP contribution is -2.17. The van der Waals surface area contributed by atoms with Crippen LogP contribution in [0.1, 0.15) is 22.5 Å². The van der Waals surface area contributed by atoms with Gasteiger partial charge in [0, 0.05) is 36.4 Å². The van der Waals surface area contributed by atoms with Crippen molar-refractivity contribution in [2.45, 2.75) is 18.9 Å². The topological polar surface area (TPSA) is 108 Å². The van der Waals surface area contributed by atoms with E-state index in [-0.39, 0.29) is 6.10 Å². The zero-order chi connectivity index (χ0) is 24.6. The Bertz CT molecular complexity index is 1460. The third-order valence-electron chi connectivity index (χ3n) is 6.30. The minimum Gasteiger partial charge on any atom is -0.493 e. The van der Waals surface area contributed by atoms with Gasteiger partial charge in [-0.25, -0.2) is 9.78 Å². The van der Waals surface area contributed by atoms with Crippen molar-refractivity contribution in [1.29, 1.82) is 0 Å². The van der Waals surface area contributed by atoms with Gasteiger partial charge in [-0.05, 0) is 24.3 Å². The second kappa shape index (κ2) is 9.33. The highest BCUT2D eigenvalue weighted by atomic mass is 35.5. The van der Waals surface area contributed by atoms with Gasteiger partial charge in [-0.2, -0.15) is 0 Å². The summed E-state index contributed by atoms with van der Waals surface area (Å²) in [5.41, 5.74) is 5.18. The molecule has 2 aliphatic heterocycles. The van der Waals surface area contributed by atoms with Crippen LogP contribution in [0.3, 0.4) is 0 Å². The summed E-state index contributed by atoms with van der Waals surface area (Å²) in [4.78, 5) is 25.6. The third-order valence-corrected chi connectivity index (χ3v) is 6.60. The predicted molar refractivity (Wildman–Crippen MR) is 134 cm³/mol. The highest BCUT2D eigenvalue weighted by molar-refractivity contribution is 6.32. The molecule has 1 aromatic carbocycles. The number of aromatic nitrogens is 3. The van der Waals surface area contributed by atoms with Crippen LogP contribution in [0.25, 0.3) is 22.3 Å². The number of carbonyl (C=O) groups excluding carboxylic acids is 1. The van der Waals surface area contributed by atoms with Gasteiger partial charge in [-0.15, -0.1) is 0 Å². The molecule has 6 rings (SSSR count). The number of nitrogens with one attached hydrogen (secondary N) is 2. The predicted octanol–water partition coefficient (Wildman–Crippen LogP) is 4.91. The number of benzene rings is 1. The quantitative estimate of drug-likeness (QED) is 0.355. The molecule has 0 spiro atoms. The number of cyclic esters (lactones) is 1. The first kappa shape index (κ1) is 22.6. The minimum atomic E-state index is -0.404. The van der Waals surface area contributed by atoms with Crippen molar-refractivity contribution in [3.05, 3.63) is 58.9 Å². The summed E-state index contributed by atoms with van der Waals surface area (Å²) in [6, 6.07) is 10.9. The lowest BCUT2D eigenvalue weighted by atomic mass is 10.1. The number of methoxy groups -OCH3 is 1. The van der Waals surface area contributed by atoms with Crippen LogP contribution < -0.4 is 14.8 Å². The second-order valence-corrected chi connectivity index (χ2v) is 8.95. The van der Waals surface area contributed by atoms with E-state index >= 15 is 0 Å². The molecule has 1 fully saturated rings. The van der Waals surface area contributed by atoms with Crippen molar-refractivity contribution < 1.29 is 23.7 Å². The Hall–Kier alpha value is -3.82. The summed E-state index contributed by atoms with van der Waals surface area (Å²) in [7, 11) is 1.55. The van der Waals surface area contributed by atoms with Crippen LogP contribution in [-0.4, -0.2) is 54.0 Å². The van der Waals surface area contributed by atoms with Crippen molar-refractivity contribution in [1.82, 2.24) is 15.0 Å². The zero-order valence-electron chi connectivity index (χ0n) is 19.5. The molecule has 9 nitrogen and oxygen atoms in total. The second-order valence-electron chi connectivity index (χ2n) is 8.54. The van der Waals surface area contributed by atoms with E-state index in [2.05, 4.69) is 15.3 Å². The number of aromatic amines is 1. The molecule has 1 atom stereocenters. The largest absolute Gasteiger partial charge is 0.493 e. The van der Waals surface area contributed by atoms with Crippen LogP contribution >= 0.6 is 11.6 Å². The first-order valence-electron chi connectivity index (χ1n) is 11.6. The van der Waals surface area contributed by atoms with Gasteiger partial charge in [0.05, 0.1) is 54.5 Å². The summed E-state index contributed by atoms with van der Waals surface area (Å²) in [6.45, 7) is 1.53. The molecule has 3 aromatic heterocycles. The van der Waals surface area contributed by atoms with E-state index in [1.54, 1.807) is 19.4 Å². The Morgan fingerprint density at radius 1 is 1.19 bits per heavy atom. The zero-order valence-corrected chi connectivity index (χ0v) is 20.2. The Kier molecular flexibility index (Phi) is 5.86. The van der Waals surface area contributed by atoms with Crippen molar-refractivity contribution >= 4 is 40.0 Å². The van der Waals surface area contributed by atoms with Gasteiger partial charge in [0.1, 0.15) is 17.2 Å². The Morgan fingerprint density at radius 2 is 2.11 bits per heavy atom. The SMILES string of the molecule is COc1c(Cl)cccc1Nc1c(-c2ccnc3ccc(O[C@H]4CCOC4)nc23)[nH]c2c1C(=O)OCC2. The number of pyridine rings is 2. The smallest absolute Gasteiger partial charge is 0.342 e. The van der Waals surface area contributed by atoms with Gasteiger partial charge < -0.3 is 29.2 Å². The number of ether oxygens (including phenoxy) is 4. The number of fused-ring (bicyclic) bond motifs is 2. The van der Waals surface area contributed by atoms with Gasteiger partial charge in [0.15, 0.2) is 5.75 Å². The Morgan fingerprint density at radius 3 is 2.94 bits per heavy atom. The molecule has 4 aromatic rings. The van der Waals surface area contributed by atoms with E-state index in [1.165, 1.54) is 0 Å². The molecule has 10 heteroatoms. The normalized spacial score (nSPS) is 17.1. The highest BCUT2D eigenvalue weighted by Gasteiger charge is 2.30. The standard InChI is InChI=1S/C26H23ClN4O5/c1-33-25-16(27)3-2-4-19(25)30-24-21-17(9-12-35-26(21)32)29-23(24)15-7-10-28-18-5-6-20(31-22(15)18)36-14-8-11-34-13-14/h2-7,10,14,29-30H,8-9,11-13H2,1H3/t14-/m0/s1. The molecular formula is C26H23ClN4O5. The number of hydrogen-bond donors (Lipinski definition) is 2. The van der Waals surface area contributed by atoms with Crippen molar-refractivity contribution in [2.24, 2.45) is 0 Å². The molecule has 1 saturated heterocycles. The minimum absolute atomic E-state index is 0.0323. The summed E-state index contributed by atoms with van der Waals surface area (Å²) < 4.78 is 22.4. The van der Waals surface area contributed by atoms with E-state index in [4.69, 9.17) is 35.5 Å². The number of rotatable bonds is 6. The van der Waals surface area contributed by atoms with Crippen LogP contribution in [0.4, 0.5) is 11.4 Å². The number of para-hydroxylation sites is 1. The van der Waals surface area contributed by atoms with Gasteiger partial charge >= 0.3 is 5.97 Å².